The van der Waals surface area contributed by atoms with E-state index < -0.39 is 5.92 Å². The van der Waals surface area contributed by atoms with Crippen LogP contribution in [0.4, 0.5) is 0 Å². The number of halogens is 1. The van der Waals surface area contributed by atoms with Crippen LogP contribution in [0, 0.1) is 11.3 Å². The second-order valence-corrected chi connectivity index (χ2v) is 5.45. The van der Waals surface area contributed by atoms with Crippen molar-refractivity contribution in [1.82, 2.24) is 0 Å². The van der Waals surface area contributed by atoms with Gasteiger partial charge in [-0.3, -0.25) is 0 Å². The molecule has 3 N–H and O–H groups in total. The molecular weight excluding hydrogens is 316 g/mol. The number of ether oxygens (including phenoxy) is 2. The molecule has 1 heterocycles. The number of nitrogens with two attached hydrogens (primary N) is 1. The Labute approximate surface area is 138 Å². The van der Waals surface area contributed by atoms with E-state index in [1.807, 2.05) is 6.07 Å². The van der Waals surface area contributed by atoms with Crippen molar-refractivity contribution < 1.29 is 14.6 Å². The standard InChI is InChI=1S/C17H13ClN2O3/c1-22-14-5-2-9(6-13(14)18)16-11-4-3-10(21)7-15(11)23-17(20)12(16)8-19/h2-7,16,21H,20H2,1H3/t16-/m0/s1. The highest BCUT2D eigenvalue weighted by Gasteiger charge is 2.31. The van der Waals surface area contributed by atoms with Crippen molar-refractivity contribution in [2.45, 2.75) is 5.92 Å². The van der Waals surface area contributed by atoms with Gasteiger partial charge in [-0.2, -0.15) is 5.26 Å². The molecule has 3 rings (SSSR count). The molecule has 0 aliphatic carbocycles. The Kier molecular flexibility index (Phi) is 3.77. The number of phenolic OH excluding ortho intramolecular Hbond substituents is 1. The third-order valence-electron chi connectivity index (χ3n) is 3.71. The molecule has 2 aromatic carbocycles. The zero-order chi connectivity index (χ0) is 16.6. The predicted molar refractivity (Wildman–Crippen MR) is 85.4 cm³/mol. The number of nitriles is 1. The largest absolute Gasteiger partial charge is 0.508 e. The van der Waals surface area contributed by atoms with Crippen LogP contribution in [-0.2, 0) is 0 Å². The summed E-state index contributed by atoms with van der Waals surface area (Å²) >= 11 is 6.20. The van der Waals surface area contributed by atoms with Crippen molar-refractivity contribution >= 4 is 11.6 Å². The molecule has 0 unspecified atom stereocenters. The van der Waals surface area contributed by atoms with E-state index in [4.69, 9.17) is 26.8 Å². The predicted octanol–water partition coefficient (Wildman–Crippen LogP) is 3.27. The van der Waals surface area contributed by atoms with Gasteiger partial charge < -0.3 is 20.3 Å². The Bertz CT molecular complexity index is 855. The van der Waals surface area contributed by atoms with Crippen LogP contribution in [0.1, 0.15) is 17.0 Å². The average molecular weight is 329 g/mol. The Morgan fingerprint density at radius 2 is 2.09 bits per heavy atom. The van der Waals surface area contributed by atoms with E-state index in [1.54, 1.807) is 18.2 Å². The summed E-state index contributed by atoms with van der Waals surface area (Å²) in [6.07, 6.45) is 0. The van der Waals surface area contributed by atoms with E-state index in [0.717, 1.165) is 11.1 Å². The van der Waals surface area contributed by atoms with Gasteiger partial charge in [0, 0.05) is 11.6 Å². The van der Waals surface area contributed by atoms with Crippen molar-refractivity contribution in [1.29, 1.82) is 5.26 Å². The van der Waals surface area contributed by atoms with Gasteiger partial charge in [0.25, 0.3) is 0 Å². The lowest BCUT2D eigenvalue weighted by Crippen LogP contribution is -2.21. The van der Waals surface area contributed by atoms with Gasteiger partial charge in [-0.15, -0.1) is 0 Å². The smallest absolute Gasteiger partial charge is 0.205 e. The molecule has 23 heavy (non-hydrogen) atoms. The molecule has 0 spiro atoms. The van der Waals surface area contributed by atoms with Gasteiger partial charge >= 0.3 is 0 Å². The van der Waals surface area contributed by atoms with Gasteiger partial charge in [0.1, 0.15) is 28.9 Å². The number of fused-ring (bicyclic) bond motifs is 1. The quantitative estimate of drug-likeness (QED) is 0.883. The van der Waals surface area contributed by atoms with Crippen LogP contribution in [0.5, 0.6) is 17.2 Å². The monoisotopic (exact) mass is 328 g/mol. The third kappa shape index (κ3) is 2.54. The van der Waals surface area contributed by atoms with E-state index in [2.05, 4.69) is 6.07 Å². The highest BCUT2D eigenvalue weighted by molar-refractivity contribution is 6.32. The fourth-order valence-corrected chi connectivity index (χ4v) is 2.92. The number of phenols is 1. The van der Waals surface area contributed by atoms with Crippen molar-refractivity contribution in [3.05, 3.63) is 64.0 Å². The number of aromatic hydroxyl groups is 1. The molecule has 0 bridgehead atoms. The van der Waals surface area contributed by atoms with Crippen LogP contribution < -0.4 is 15.2 Å². The van der Waals surface area contributed by atoms with Gasteiger partial charge in [0.15, 0.2) is 0 Å². The van der Waals surface area contributed by atoms with Gasteiger partial charge in [-0.1, -0.05) is 23.7 Å². The molecule has 0 fully saturated rings. The molecular formula is C17H13ClN2O3. The molecule has 0 saturated heterocycles. The van der Waals surface area contributed by atoms with Crippen molar-refractivity contribution in [2.75, 3.05) is 7.11 Å². The minimum atomic E-state index is -0.423. The van der Waals surface area contributed by atoms with Crippen LogP contribution in [0.15, 0.2) is 47.9 Å². The summed E-state index contributed by atoms with van der Waals surface area (Å²) in [5, 5.41) is 19.5. The summed E-state index contributed by atoms with van der Waals surface area (Å²) in [6.45, 7) is 0. The summed E-state index contributed by atoms with van der Waals surface area (Å²) in [4.78, 5) is 0. The molecule has 6 heteroatoms. The molecule has 0 radical (unpaired) electrons. The van der Waals surface area contributed by atoms with Crippen molar-refractivity contribution in [3.63, 3.8) is 0 Å². The van der Waals surface area contributed by atoms with Gasteiger partial charge in [-0.25, -0.2) is 0 Å². The Hall–Kier alpha value is -2.84. The highest BCUT2D eigenvalue weighted by atomic mass is 35.5. The molecule has 0 amide bonds. The van der Waals surface area contributed by atoms with E-state index in [0.29, 0.717) is 22.1 Å². The fraction of sp³-hybridized carbons (Fsp3) is 0.118. The van der Waals surface area contributed by atoms with Crippen LogP contribution in [0.3, 0.4) is 0 Å². The highest BCUT2D eigenvalue weighted by Crippen LogP contribution is 2.44. The van der Waals surface area contributed by atoms with Crippen LogP contribution in [0.25, 0.3) is 0 Å². The Morgan fingerprint density at radius 3 is 2.74 bits per heavy atom. The van der Waals surface area contributed by atoms with E-state index in [9.17, 15) is 10.4 Å². The number of benzene rings is 2. The minimum absolute atomic E-state index is 0.0162. The molecule has 5 nitrogen and oxygen atoms in total. The SMILES string of the molecule is COc1ccc([C@@H]2C(C#N)=C(N)Oc3cc(O)ccc32)cc1Cl. The number of methoxy groups -OCH3 is 1. The van der Waals surface area contributed by atoms with E-state index in [-0.39, 0.29) is 11.6 Å². The average Bonchev–Trinajstić information content (AvgIpc) is 2.53. The lowest BCUT2D eigenvalue weighted by atomic mass is 9.83. The second-order valence-electron chi connectivity index (χ2n) is 5.04. The maximum atomic E-state index is 9.63. The first-order valence-electron chi connectivity index (χ1n) is 6.79. The van der Waals surface area contributed by atoms with Gasteiger partial charge in [0.05, 0.1) is 18.1 Å². The first kappa shape index (κ1) is 15.1. The third-order valence-corrected chi connectivity index (χ3v) is 4.01. The molecule has 116 valence electrons. The summed E-state index contributed by atoms with van der Waals surface area (Å²) in [5.41, 5.74) is 7.68. The van der Waals surface area contributed by atoms with Gasteiger partial charge in [0.2, 0.25) is 5.88 Å². The van der Waals surface area contributed by atoms with Crippen molar-refractivity contribution in [3.8, 4) is 23.3 Å². The lowest BCUT2D eigenvalue weighted by molar-refractivity contribution is 0.388. The second kappa shape index (κ2) is 5.75. The van der Waals surface area contributed by atoms with Crippen LogP contribution in [-0.4, -0.2) is 12.2 Å². The van der Waals surface area contributed by atoms with Crippen molar-refractivity contribution in [2.24, 2.45) is 5.73 Å². The number of nitrogens with zero attached hydrogens (tertiary/aromatic N) is 1. The maximum absolute atomic E-state index is 9.63. The molecule has 0 saturated carbocycles. The first-order chi connectivity index (χ1) is 11.0. The van der Waals surface area contributed by atoms with E-state index in [1.165, 1.54) is 19.2 Å². The first-order valence-corrected chi connectivity index (χ1v) is 7.17. The number of rotatable bonds is 2. The summed E-state index contributed by atoms with van der Waals surface area (Å²) in [5.74, 6) is 0.612. The summed E-state index contributed by atoms with van der Waals surface area (Å²) in [7, 11) is 1.53. The lowest BCUT2D eigenvalue weighted by Gasteiger charge is -2.26. The Morgan fingerprint density at radius 1 is 1.30 bits per heavy atom. The van der Waals surface area contributed by atoms with Gasteiger partial charge in [-0.05, 0) is 23.8 Å². The van der Waals surface area contributed by atoms with Crippen LogP contribution >= 0.6 is 11.6 Å². The maximum Gasteiger partial charge on any atom is 0.205 e. The number of hydrogen-bond acceptors (Lipinski definition) is 5. The fourth-order valence-electron chi connectivity index (χ4n) is 2.65. The molecule has 1 aliphatic heterocycles. The normalized spacial score (nSPS) is 16.3. The molecule has 2 aromatic rings. The summed E-state index contributed by atoms with van der Waals surface area (Å²) < 4.78 is 10.6. The molecule has 0 aromatic heterocycles. The zero-order valence-electron chi connectivity index (χ0n) is 12.2. The topological polar surface area (TPSA) is 88.5 Å². The summed E-state index contributed by atoms with van der Waals surface area (Å²) in [6, 6.07) is 12.1. The Balaban J connectivity index is 2.20. The number of hydrogen-bond donors (Lipinski definition) is 2. The number of allylic oxidation sites excluding steroid dienone is 1. The minimum Gasteiger partial charge on any atom is -0.508 e. The zero-order valence-corrected chi connectivity index (χ0v) is 13.0. The molecule has 1 aliphatic rings. The molecule has 1 atom stereocenters. The van der Waals surface area contributed by atoms with Crippen LogP contribution in [0.2, 0.25) is 5.02 Å². The van der Waals surface area contributed by atoms with E-state index >= 15 is 0 Å².